The molecule has 80 valence electrons. The lowest BCUT2D eigenvalue weighted by Crippen LogP contribution is -2.06. The fraction of sp³-hybridized carbons (Fsp3) is 0.0909. The normalized spacial score (nSPS) is 11.9. The zero-order chi connectivity index (χ0) is 11.5. The molecule has 1 aromatic carbocycles. The number of nitrogens with zero attached hydrogens (tertiary/aromatic N) is 1. The number of terminal acetylenes is 1. The van der Waals surface area contributed by atoms with Gasteiger partial charge in [0.25, 0.3) is 0 Å². The molecule has 1 unspecified atom stereocenters. The van der Waals surface area contributed by atoms with Gasteiger partial charge in [-0.15, -0.1) is 17.8 Å². The number of rotatable bonds is 2. The molecule has 0 saturated heterocycles. The van der Waals surface area contributed by atoms with Gasteiger partial charge in [-0.1, -0.05) is 18.1 Å². The van der Waals surface area contributed by atoms with E-state index in [9.17, 15) is 4.79 Å². The summed E-state index contributed by atoms with van der Waals surface area (Å²) in [6.45, 7) is 0. The lowest BCUT2D eigenvalue weighted by Gasteiger charge is -2.04. The van der Waals surface area contributed by atoms with Gasteiger partial charge in [0, 0.05) is 0 Å². The Kier molecular flexibility index (Phi) is 2.75. The molecule has 1 heterocycles. The highest BCUT2D eigenvalue weighted by molar-refractivity contribution is 7.18. The summed E-state index contributed by atoms with van der Waals surface area (Å²) in [6.07, 6.45) is 2.87. The van der Waals surface area contributed by atoms with Crippen LogP contribution in [-0.2, 0) is 4.74 Å². The molecule has 2 aromatic rings. The topological polar surface area (TPSA) is 59.4 Å². The van der Waals surface area contributed by atoms with E-state index in [0.29, 0.717) is 5.01 Å². The van der Waals surface area contributed by atoms with E-state index in [0.717, 1.165) is 10.2 Å². The molecule has 2 rings (SSSR count). The van der Waals surface area contributed by atoms with Crippen molar-refractivity contribution in [2.45, 2.75) is 6.10 Å². The van der Waals surface area contributed by atoms with Crippen LogP contribution < -0.4 is 0 Å². The Hall–Kier alpha value is -2.06. The summed E-state index contributed by atoms with van der Waals surface area (Å²) in [6, 6.07) is 7.47. The molecule has 0 saturated carbocycles. The number of carboxylic acid groups (broad SMARTS) is 1. The molecule has 0 spiro atoms. The summed E-state index contributed by atoms with van der Waals surface area (Å²) >= 11 is 1.33. The van der Waals surface area contributed by atoms with E-state index < -0.39 is 12.3 Å². The van der Waals surface area contributed by atoms with Gasteiger partial charge in [-0.2, -0.15) is 0 Å². The molecule has 1 N–H and O–H groups in total. The number of hydrogen-bond acceptors (Lipinski definition) is 4. The Balaban J connectivity index is 2.38. The van der Waals surface area contributed by atoms with Gasteiger partial charge in [0.05, 0.1) is 10.2 Å². The van der Waals surface area contributed by atoms with Crippen molar-refractivity contribution in [1.29, 1.82) is 0 Å². The summed E-state index contributed by atoms with van der Waals surface area (Å²) in [4.78, 5) is 14.6. The lowest BCUT2D eigenvalue weighted by molar-refractivity contribution is 0.0721. The summed E-state index contributed by atoms with van der Waals surface area (Å²) in [5, 5.41) is 8.99. The maximum absolute atomic E-state index is 10.4. The number of hydrogen-bond donors (Lipinski definition) is 1. The minimum absolute atomic E-state index is 0.478. The second kappa shape index (κ2) is 4.21. The van der Waals surface area contributed by atoms with Crippen LogP contribution in [0.5, 0.6) is 0 Å². The van der Waals surface area contributed by atoms with Crippen LogP contribution in [0.25, 0.3) is 10.2 Å². The van der Waals surface area contributed by atoms with E-state index in [1.54, 1.807) is 0 Å². The third-order valence-electron chi connectivity index (χ3n) is 1.90. The summed E-state index contributed by atoms with van der Waals surface area (Å²) < 4.78 is 5.49. The number of carbonyl (C=O) groups is 1. The molecular weight excluding hydrogens is 226 g/mol. The number of aromatic nitrogens is 1. The van der Waals surface area contributed by atoms with Crippen LogP contribution in [0.15, 0.2) is 24.3 Å². The predicted octanol–water partition coefficient (Wildman–Crippen LogP) is 2.67. The van der Waals surface area contributed by atoms with Gasteiger partial charge in [-0.25, -0.2) is 9.78 Å². The van der Waals surface area contributed by atoms with Crippen LogP contribution in [0.1, 0.15) is 11.1 Å². The van der Waals surface area contributed by atoms with Crippen LogP contribution in [0, 0.1) is 12.3 Å². The minimum Gasteiger partial charge on any atom is -0.450 e. The van der Waals surface area contributed by atoms with Gasteiger partial charge >= 0.3 is 6.16 Å². The molecule has 0 amide bonds. The number of thiazole rings is 1. The number of fused-ring (bicyclic) bond motifs is 1. The average molecular weight is 233 g/mol. The number of para-hydroxylation sites is 1. The highest BCUT2D eigenvalue weighted by atomic mass is 32.1. The van der Waals surface area contributed by atoms with Crippen LogP contribution in [0.4, 0.5) is 4.79 Å². The first kappa shape index (κ1) is 10.5. The first-order chi connectivity index (χ1) is 7.70. The number of ether oxygens (including phenoxy) is 1. The van der Waals surface area contributed by atoms with Crippen LogP contribution >= 0.6 is 11.3 Å². The van der Waals surface area contributed by atoms with Crippen molar-refractivity contribution in [3.63, 3.8) is 0 Å². The Morgan fingerprint density at radius 2 is 2.31 bits per heavy atom. The minimum atomic E-state index is -1.40. The Bertz CT molecular complexity index is 537. The Labute approximate surface area is 95.5 Å². The molecule has 0 radical (unpaired) electrons. The maximum Gasteiger partial charge on any atom is 0.507 e. The molecule has 0 fully saturated rings. The average Bonchev–Trinajstić information content (AvgIpc) is 2.68. The largest absolute Gasteiger partial charge is 0.507 e. The first-order valence-electron chi connectivity index (χ1n) is 4.42. The van der Waals surface area contributed by atoms with E-state index in [1.807, 2.05) is 24.3 Å². The van der Waals surface area contributed by atoms with Crippen molar-refractivity contribution in [1.82, 2.24) is 4.98 Å². The highest BCUT2D eigenvalue weighted by Crippen LogP contribution is 2.27. The smallest absolute Gasteiger partial charge is 0.450 e. The van der Waals surface area contributed by atoms with E-state index in [1.165, 1.54) is 11.3 Å². The van der Waals surface area contributed by atoms with Crippen molar-refractivity contribution in [3.05, 3.63) is 29.3 Å². The Morgan fingerprint density at radius 3 is 2.94 bits per heavy atom. The van der Waals surface area contributed by atoms with Crippen LogP contribution in [0.3, 0.4) is 0 Å². The zero-order valence-electron chi connectivity index (χ0n) is 8.08. The third-order valence-corrected chi connectivity index (χ3v) is 2.98. The van der Waals surface area contributed by atoms with Gasteiger partial charge in [-0.3, -0.25) is 0 Å². The molecule has 1 atom stereocenters. The molecule has 0 bridgehead atoms. The van der Waals surface area contributed by atoms with Crippen molar-refractivity contribution >= 4 is 27.7 Å². The van der Waals surface area contributed by atoms with Gasteiger partial charge in [0.1, 0.15) is 5.01 Å². The summed E-state index contributed by atoms with van der Waals surface area (Å²) in [5.41, 5.74) is 0.789. The molecule has 4 nitrogen and oxygen atoms in total. The second-order valence-corrected chi connectivity index (χ2v) is 4.01. The van der Waals surface area contributed by atoms with Crippen LogP contribution in [0.2, 0.25) is 0 Å². The predicted molar refractivity (Wildman–Crippen MR) is 60.3 cm³/mol. The maximum atomic E-state index is 10.4. The van der Waals surface area contributed by atoms with Gasteiger partial charge in [-0.05, 0) is 12.1 Å². The Morgan fingerprint density at radius 1 is 1.56 bits per heavy atom. The van der Waals surface area contributed by atoms with Crippen LogP contribution in [-0.4, -0.2) is 16.2 Å². The fourth-order valence-corrected chi connectivity index (χ4v) is 2.22. The van der Waals surface area contributed by atoms with E-state index >= 15 is 0 Å². The third kappa shape index (κ3) is 1.97. The SMILES string of the molecule is C#CC(OC(=O)O)c1nc2ccccc2s1. The monoisotopic (exact) mass is 233 g/mol. The molecule has 0 aliphatic rings. The molecule has 5 heteroatoms. The molecule has 0 aliphatic carbocycles. The molecular formula is C11H7NO3S. The second-order valence-electron chi connectivity index (χ2n) is 2.95. The lowest BCUT2D eigenvalue weighted by atomic mass is 10.3. The molecule has 16 heavy (non-hydrogen) atoms. The van der Waals surface area contributed by atoms with Crippen molar-refractivity contribution < 1.29 is 14.6 Å². The summed E-state index contributed by atoms with van der Waals surface area (Å²) in [5.74, 6) is 2.26. The standard InChI is InChI=1S/C11H7NO3S/c1-2-8(15-11(13)14)10-12-7-5-3-4-6-9(7)16-10/h1,3-6,8H,(H,13,14). The van der Waals surface area contributed by atoms with Crippen molar-refractivity contribution in [3.8, 4) is 12.3 Å². The van der Waals surface area contributed by atoms with Crippen molar-refractivity contribution in [2.24, 2.45) is 0 Å². The number of benzene rings is 1. The quantitative estimate of drug-likeness (QED) is 0.640. The van der Waals surface area contributed by atoms with E-state index in [2.05, 4.69) is 15.6 Å². The zero-order valence-corrected chi connectivity index (χ0v) is 8.90. The van der Waals surface area contributed by atoms with E-state index in [4.69, 9.17) is 11.5 Å². The van der Waals surface area contributed by atoms with Gasteiger partial charge in [0.15, 0.2) is 0 Å². The summed E-state index contributed by atoms with van der Waals surface area (Å²) in [7, 11) is 0. The first-order valence-corrected chi connectivity index (χ1v) is 5.23. The van der Waals surface area contributed by atoms with Crippen molar-refractivity contribution in [2.75, 3.05) is 0 Å². The fourth-order valence-electron chi connectivity index (χ4n) is 1.26. The molecule has 0 aliphatic heterocycles. The van der Waals surface area contributed by atoms with E-state index in [-0.39, 0.29) is 0 Å². The highest BCUT2D eigenvalue weighted by Gasteiger charge is 2.17. The van der Waals surface area contributed by atoms with Gasteiger partial charge in [0.2, 0.25) is 6.10 Å². The van der Waals surface area contributed by atoms with Gasteiger partial charge < -0.3 is 9.84 Å². The molecule has 1 aromatic heterocycles.